The first kappa shape index (κ1) is 18.9. The van der Waals surface area contributed by atoms with Gasteiger partial charge in [-0.1, -0.05) is 24.3 Å². The van der Waals surface area contributed by atoms with Crippen LogP contribution in [-0.4, -0.2) is 21.5 Å². The number of nitrogens with two attached hydrogens (primary N) is 1. The monoisotopic (exact) mass is 404 g/mol. The Balaban J connectivity index is 1.74. The van der Waals surface area contributed by atoms with Crippen molar-refractivity contribution in [1.29, 1.82) is 0 Å². The number of nitrogens with zero attached hydrogens (tertiary/aromatic N) is 2. The second-order valence-electron chi connectivity index (χ2n) is 7.09. The maximum Gasteiger partial charge on any atom is 0.281 e. The molecule has 1 saturated heterocycles. The lowest BCUT2D eigenvalue weighted by Gasteiger charge is -2.15. The molecule has 146 valence electrons. The van der Waals surface area contributed by atoms with Gasteiger partial charge in [-0.25, -0.2) is 0 Å². The number of hydrogen-bond acceptors (Lipinski definition) is 3. The normalized spacial score (nSPS) is 15.4. The van der Waals surface area contributed by atoms with Crippen LogP contribution in [-0.2, 0) is 16.1 Å². The summed E-state index contributed by atoms with van der Waals surface area (Å²) in [5.74, 6) is -0.646. The molecule has 1 aromatic heterocycles. The number of fused-ring (bicyclic) bond motifs is 1. The number of carbonyl (C=O) groups excluding carboxylic acids is 2. The van der Waals surface area contributed by atoms with Gasteiger partial charge in [0.15, 0.2) is 5.11 Å². The first-order valence-corrected chi connectivity index (χ1v) is 9.56. The van der Waals surface area contributed by atoms with Crippen LogP contribution in [0.25, 0.3) is 17.0 Å². The van der Waals surface area contributed by atoms with E-state index in [1.165, 1.54) is 4.90 Å². The van der Waals surface area contributed by atoms with E-state index in [-0.39, 0.29) is 12.5 Å². The molecule has 1 fully saturated rings. The standard InChI is InChI=1S/C22H20N4O2S/c1-13-7-8-16(9-14(13)2)26-21(28)18(24-22(26)29)10-15-11-25(12-20(23)27)19-6-4-3-5-17(15)19/h3-11H,12H2,1-2H3,(H2,23,27)(H,24,29)/b18-10-. The number of amides is 2. The summed E-state index contributed by atoms with van der Waals surface area (Å²) >= 11 is 5.41. The van der Waals surface area contributed by atoms with Gasteiger partial charge in [0.1, 0.15) is 12.2 Å². The minimum atomic E-state index is -0.429. The van der Waals surface area contributed by atoms with Crippen LogP contribution in [0.2, 0.25) is 0 Å². The number of benzene rings is 2. The van der Waals surface area contributed by atoms with Gasteiger partial charge in [0.2, 0.25) is 5.91 Å². The SMILES string of the molecule is Cc1ccc(N2C(=O)/C(=C/c3cn(CC(N)=O)c4ccccc34)NC2=S)cc1C. The Hall–Kier alpha value is -3.45. The minimum Gasteiger partial charge on any atom is -0.368 e. The molecule has 2 heterocycles. The molecular weight excluding hydrogens is 384 g/mol. The largest absolute Gasteiger partial charge is 0.368 e. The van der Waals surface area contributed by atoms with Crippen molar-refractivity contribution in [3.8, 4) is 0 Å². The summed E-state index contributed by atoms with van der Waals surface area (Å²) in [5.41, 5.74) is 10.4. The second-order valence-corrected chi connectivity index (χ2v) is 7.48. The smallest absolute Gasteiger partial charge is 0.281 e. The van der Waals surface area contributed by atoms with Crippen molar-refractivity contribution in [2.45, 2.75) is 20.4 Å². The number of hydrogen-bond donors (Lipinski definition) is 2. The molecule has 3 N–H and O–H groups in total. The van der Waals surface area contributed by atoms with E-state index in [0.29, 0.717) is 10.8 Å². The molecule has 6 nitrogen and oxygen atoms in total. The highest BCUT2D eigenvalue weighted by molar-refractivity contribution is 7.80. The summed E-state index contributed by atoms with van der Waals surface area (Å²) in [6.45, 7) is 4.09. The Morgan fingerprint density at radius 3 is 2.66 bits per heavy atom. The minimum absolute atomic E-state index is 0.0677. The first-order valence-electron chi connectivity index (χ1n) is 9.15. The van der Waals surface area contributed by atoms with Crippen LogP contribution in [0.3, 0.4) is 0 Å². The fraction of sp³-hybridized carbons (Fsp3) is 0.136. The Morgan fingerprint density at radius 1 is 1.17 bits per heavy atom. The van der Waals surface area contributed by atoms with Gasteiger partial charge in [-0.05, 0) is 61.5 Å². The number of aromatic nitrogens is 1. The summed E-state index contributed by atoms with van der Waals surface area (Å²) in [5, 5.41) is 4.28. The fourth-order valence-corrected chi connectivity index (χ4v) is 3.78. The summed E-state index contributed by atoms with van der Waals surface area (Å²) in [7, 11) is 0. The average molecular weight is 404 g/mol. The van der Waals surface area contributed by atoms with E-state index in [1.807, 2.05) is 62.5 Å². The molecule has 0 radical (unpaired) electrons. The number of carbonyl (C=O) groups is 2. The molecular formula is C22H20N4O2S. The summed E-state index contributed by atoms with van der Waals surface area (Å²) in [6.07, 6.45) is 3.58. The van der Waals surface area contributed by atoms with Gasteiger partial charge in [0, 0.05) is 22.7 Å². The number of aryl methyl sites for hydroxylation is 2. The van der Waals surface area contributed by atoms with E-state index in [0.717, 1.165) is 33.3 Å². The zero-order valence-corrected chi connectivity index (χ0v) is 16.9. The molecule has 0 atom stereocenters. The van der Waals surface area contributed by atoms with Gasteiger partial charge in [-0.15, -0.1) is 0 Å². The van der Waals surface area contributed by atoms with E-state index >= 15 is 0 Å². The Kier molecular flexibility index (Phi) is 4.68. The molecule has 1 aliphatic heterocycles. The maximum absolute atomic E-state index is 13.1. The van der Waals surface area contributed by atoms with Crippen molar-refractivity contribution >= 4 is 51.8 Å². The Labute approximate surface area is 173 Å². The molecule has 0 bridgehead atoms. The number of para-hydroxylation sites is 1. The van der Waals surface area contributed by atoms with Gasteiger partial charge >= 0.3 is 0 Å². The maximum atomic E-state index is 13.1. The molecule has 2 amide bonds. The zero-order chi connectivity index (χ0) is 20.7. The van der Waals surface area contributed by atoms with Crippen molar-refractivity contribution in [1.82, 2.24) is 9.88 Å². The van der Waals surface area contributed by atoms with Crippen LogP contribution < -0.4 is 16.0 Å². The van der Waals surface area contributed by atoms with E-state index in [4.69, 9.17) is 18.0 Å². The van der Waals surface area contributed by atoms with E-state index in [9.17, 15) is 9.59 Å². The molecule has 29 heavy (non-hydrogen) atoms. The quantitative estimate of drug-likeness (QED) is 0.517. The Morgan fingerprint density at radius 2 is 1.93 bits per heavy atom. The van der Waals surface area contributed by atoms with E-state index < -0.39 is 5.91 Å². The predicted molar refractivity (Wildman–Crippen MR) is 118 cm³/mol. The summed E-state index contributed by atoms with van der Waals surface area (Å²) in [4.78, 5) is 26.0. The van der Waals surface area contributed by atoms with Gasteiger partial charge in [-0.3, -0.25) is 14.5 Å². The molecule has 0 aliphatic carbocycles. The van der Waals surface area contributed by atoms with Gasteiger partial charge in [-0.2, -0.15) is 0 Å². The van der Waals surface area contributed by atoms with E-state index in [2.05, 4.69) is 5.32 Å². The molecule has 3 aromatic rings. The van der Waals surface area contributed by atoms with Crippen LogP contribution in [0.15, 0.2) is 54.4 Å². The van der Waals surface area contributed by atoms with Crippen molar-refractivity contribution in [3.63, 3.8) is 0 Å². The predicted octanol–water partition coefficient (Wildman–Crippen LogP) is 3.01. The van der Waals surface area contributed by atoms with Gasteiger partial charge in [0.25, 0.3) is 5.91 Å². The highest BCUT2D eigenvalue weighted by Gasteiger charge is 2.32. The molecule has 2 aromatic carbocycles. The van der Waals surface area contributed by atoms with Crippen molar-refractivity contribution in [2.75, 3.05) is 4.90 Å². The third-order valence-electron chi connectivity index (χ3n) is 5.07. The van der Waals surface area contributed by atoms with Crippen LogP contribution in [0.5, 0.6) is 0 Å². The van der Waals surface area contributed by atoms with Crippen molar-refractivity contribution < 1.29 is 9.59 Å². The van der Waals surface area contributed by atoms with Crippen LogP contribution >= 0.6 is 12.2 Å². The van der Waals surface area contributed by atoms with Crippen molar-refractivity contribution in [3.05, 3.63) is 71.0 Å². The molecule has 4 rings (SSSR count). The van der Waals surface area contributed by atoms with Gasteiger partial charge in [0.05, 0.1) is 5.69 Å². The van der Waals surface area contributed by atoms with Crippen LogP contribution in [0.4, 0.5) is 5.69 Å². The highest BCUT2D eigenvalue weighted by Crippen LogP contribution is 2.27. The van der Waals surface area contributed by atoms with Crippen LogP contribution in [0.1, 0.15) is 16.7 Å². The molecule has 0 spiro atoms. The van der Waals surface area contributed by atoms with E-state index in [1.54, 1.807) is 10.6 Å². The lowest BCUT2D eigenvalue weighted by molar-refractivity contribution is -0.118. The molecule has 7 heteroatoms. The lowest BCUT2D eigenvalue weighted by Crippen LogP contribution is -2.30. The topological polar surface area (TPSA) is 80.4 Å². The highest BCUT2D eigenvalue weighted by atomic mass is 32.1. The van der Waals surface area contributed by atoms with Crippen LogP contribution in [0, 0.1) is 13.8 Å². The van der Waals surface area contributed by atoms with Crippen molar-refractivity contribution in [2.24, 2.45) is 5.73 Å². The average Bonchev–Trinajstić information content (AvgIpc) is 3.15. The molecule has 1 aliphatic rings. The third kappa shape index (κ3) is 3.40. The summed E-state index contributed by atoms with van der Waals surface area (Å²) in [6, 6.07) is 13.5. The fourth-order valence-electron chi connectivity index (χ4n) is 3.48. The second kappa shape index (κ2) is 7.18. The van der Waals surface area contributed by atoms with Gasteiger partial charge < -0.3 is 15.6 Å². The Bertz CT molecular complexity index is 1210. The number of anilines is 1. The molecule has 0 unspecified atom stereocenters. The first-order chi connectivity index (χ1) is 13.8. The number of primary amides is 1. The zero-order valence-electron chi connectivity index (χ0n) is 16.1. The number of rotatable bonds is 4. The third-order valence-corrected chi connectivity index (χ3v) is 5.36. The molecule has 0 saturated carbocycles. The lowest BCUT2D eigenvalue weighted by atomic mass is 10.1. The number of thiocarbonyl (C=S) groups is 1. The number of nitrogens with one attached hydrogen (secondary N) is 1. The summed E-state index contributed by atoms with van der Waals surface area (Å²) < 4.78 is 1.78.